The molecule has 0 radical (unpaired) electrons. The number of piperidine rings is 1. The second-order valence-electron chi connectivity index (χ2n) is 13.2. The lowest BCUT2D eigenvalue weighted by atomic mass is 9.91. The molecule has 3 fully saturated rings. The van der Waals surface area contributed by atoms with E-state index in [1.165, 1.54) is 31.5 Å². The van der Waals surface area contributed by atoms with Gasteiger partial charge < -0.3 is 33.9 Å². The molecule has 272 valence electrons. The second-order valence-corrected chi connectivity index (χ2v) is 13.2. The van der Waals surface area contributed by atoms with Crippen molar-refractivity contribution in [3.8, 4) is 35.4 Å². The van der Waals surface area contributed by atoms with Crippen LogP contribution >= 0.6 is 0 Å². The van der Waals surface area contributed by atoms with E-state index in [0.717, 1.165) is 12.5 Å². The Morgan fingerprint density at radius 3 is 2.27 bits per heavy atom. The van der Waals surface area contributed by atoms with E-state index in [2.05, 4.69) is 26.2 Å². The van der Waals surface area contributed by atoms with Gasteiger partial charge in [0, 0.05) is 42.3 Å². The number of methoxy groups -OCH3 is 1. The molecule has 1 N–H and O–H groups in total. The van der Waals surface area contributed by atoms with Crippen LogP contribution < -0.4 is 19.7 Å². The first-order chi connectivity index (χ1) is 24.9. The molecule has 2 atom stereocenters. The van der Waals surface area contributed by atoms with E-state index in [1.54, 1.807) is 27.7 Å². The molecular weight excluding hydrogens is 680 g/mol. The Bertz CT molecular complexity index is 2060. The van der Waals surface area contributed by atoms with Gasteiger partial charge in [0.25, 0.3) is 0 Å². The molecule has 7 rings (SSSR count). The SMILES string of the molecule is C#Cc1c(F)ccc2cc(OC(=O)OC(COC(=O)C(C)C)COC(=O)C(C)C)cc(-c3ncc4c(N5CC6CC(C5)N6)nc(OC)nc4c3F)c12. The fourth-order valence-electron chi connectivity index (χ4n) is 6.08. The van der Waals surface area contributed by atoms with E-state index < -0.39 is 60.9 Å². The van der Waals surface area contributed by atoms with Crippen LogP contribution in [0.25, 0.3) is 32.9 Å². The standard InChI is InChI=1S/C37H37F2N5O8/c1-7-25-28(38)9-8-20-10-23(51-37(47)52-24(16-49-34(45)18(2)3)17-50-35(46)19(4)5)12-26(29(20)25)31-30(39)32-27(13-40-31)33(43-36(42-32)48-6)44-14-21-11-22(15-44)41-21/h1,8-10,12-13,18-19,21-22,24,41H,11,14-17H2,2-6H3. The largest absolute Gasteiger partial charge is 0.514 e. The molecular formula is C37H37F2N5O8. The van der Waals surface area contributed by atoms with E-state index in [1.807, 2.05) is 4.90 Å². The van der Waals surface area contributed by atoms with Crippen molar-refractivity contribution >= 4 is 45.6 Å². The average Bonchev–Trinajstić information content (AvgIpc) is 3.11. The molecule has 2 bridgehead atoms. The number of aromatic nitrogens is 3. The van der Waals surface area contributed by atoms with Gasteiger partial charge in [-0.15, -0.1) is 6.42 Å². The number of piperazine rings is 1. The summed E-state index contributed by atoms with van der Waals surface area (Å²) < 4.78 is 58.5. The van der Waals surface area contributed by atoms with E-state index in [9.17, 15) is 14.4 Å². The van der Waals surface area contributed by atoms with E-state index in [-0.39, 0.29) is 51.6 Å². The number of nitrogens with one attached hydrogen (secondary N) is 1. The molecule has 15 heteroatoms. The Hall–Kier alpha value is -5.62. The lowest BCUT2D eigenvalue weighted by Crippen LogP contribution is -2.67. The number of esters is 2. The van der Waals surface area contributed by atoms with Gasteiger partial charge in [-0.1, -0.05) is 39.7 Å². The van der Waals surface area contributed by atoms with Crippen LogP contribution in [0.1, 0.15) is 39.7 Å². The Balaban J connectivity index is 1.37. The number of anilines is 1. The number of carbonyl (C=O) groups is 3. The summed E-state index contributed by atoms with van der Waals surface area (Å²) in [6, 6.07) is 5.71. The normalized spacial score (nSPS) is 16.5. The maximum Gasteiger partial charge on any atom is 0.514 e. The van der Waals surface area contributed by atoms with Gasteiger partial charge >= 0.3 is 24.1 Å². The molecule has 0 spiro atoms. The van der Waals surface area contributed by atoms with Crippen LogP contribution in [0.15, 0.2) is 30.5 Å². The molecule has 13 nitrogen and oxygen atoms in total. The number of nitrogens with zero attached hydrogens (tertiary/aromatic N) is 4. The van der Waals surface area contributed by atoms with Gasteiger partial charge in [-0.3, -0.25) is 14.6 Å². The molecule has 5 heterocycles. The number of halogens is 2. The third-order valence-corrected chi connectivity index (χ3v) is 8.72. The number of pyridine rings is 1. The molecule has 4 aromatic rings. The molecule has 0 saturated carbocycles. The Labute approximate surface area is 297 Å². The predicted octanol–water partition coefficient (Wildman–Crippen LogP) is 4.95. The maximum absolute atomic E-state index is 16.7. The predicted molar refractivity (Wildman–Crippen MR) is 185 cm³/mol. The van der Waals surface area contributed by atoms with E-state index >= 15 is 8.78 Å². The topological polar surface area (TPSA) is 151 Å². The van der Waals surface area contributed by atoms with Crippen molar-refractivity contribution in [3.63, 3.8) is 0 Å². The Kier molecular flexibility index (Phi) is 10.4. The lowest BCUT2D eigenvalue weighted by molar-refractivity contribution is -0.156. The summed E-state index contributed by atoms with van der Waals surface area (Å²) >= 11 is 0. The third-order valence-electron chi connectivity index (χ3n) is 8.72. The molecule has 3 aliphatic heterocycles. The molecule has 2 unspecified atom stereocenters. The zero-order valence-electron chi connectivity index (χ0n) is 29.2. The third kappa shape index (κ3) is 7.38. The molecule has 0 amide bonds. The van der Waals surface area contributed by atoms with Crippen molar-refractivity contribution in [3.05, 3.63) is 47.7 Å². The summed E-state index contributed by atoms with van der Waals surface area (Å²) in [6.45, 7) is 6.99. The summed E-state index contributed by atoms with van der Waals surface area (Å²) in [5.41, 5.74) is -0.510. The minimum atomic E-state index is -1.25. The first-order valence-corrected chi connectivity index (χ1v) is 16.7. The number of carbonyl (C=O) groups excluding carboxylic acids is 3. The number of terminal acetylenes is 1. The van der Waals surface area contributed by atoms with Crippen molar-refractivity contribution < 1.29 is 46.8 Å². The van der Waals surface area contributed by atoms with E-state index in [0.29, 0.717) is 29.7 Å². The smallest absolute Gasteiger partial charge is 0.467 e. The van der Waals surface area contributed by atoms with Gasteiger partial charge in [0.2, 0.25) is 0 Å². The quantitative estimate of drug-likeness (QED) is 0.0966. The van der Waals surface area contributed by atoms with Crippen LogP contribution in [0.2, 0.25) is 0 Å². The number of hydrogen-bond donors (Lipinski definition) is 1. The molecule has 2 aromatic heterocycles. The summed E-state index contributed by atoms with van der Waals surface area (Å²) in [4.78, 5) is 52.6. The average molecular weight is 718 g/mol. The van der Waals surface area contributed by atoms with Crippen molar-refractivity contribution in [2.45, 2.75) is 52.3 Å². The highest BCUT2D eigenvalue weighted by Crippen LogP contribution is 2.39. The Morgan fingerprint density at radius 2 is 1.67 bits per heavy atom. The highest BCUT2D eigenvalue weighted by Gasteiger charge is 2.38. The number of ether oxygens (including phenoxy) is 5. The van der Waals surface area contributed by atoms with Crippen LogP contribution in [0.4, 0.5) is 19.4 Å². The monoisotopic (exact) mass is 717 g/mol. The van der Waals surface area contributed by atoms with Crippen molar-refractivity contribution in [1.29, 1.82) is 0 Å². The molecule has 0 aliphatic carbocycles. The molecule has 3 saturated heterocycles. The molecule has 52 heavy (non-hydrogen) atoms. The summed E-state index contributed by atoms with van der Waals surface area (Å²) in [5, 5.41) is 4.23. The Morgan fingerprint density at radius 1 is 1.02 bits per heavy atom. The number of rotatable bonds is 11. The van der Waals surface area contributed by atoms with Gasteiger partial charge in [0.05, 0.1) is 29.9 Å². The number of fused-ring (bicyclic) bond motifs is 4. The van der Waals surface area contributed by atoms with Crippen molar-refractivity contribution in [1.82, 2.24) is 20.3 Å². The first kappa shape index (κ1) is 36.2. The van der Waals surface area contributed by atoms with Crippen LogP contribution in [0.3, 0.4) is 0 Å². The van der Waals surface area contributed by atoms with Gasteiger partial charge in [0.15, 0.2) is 11.9 Å². The fourth-order valence-corrected chi connectivity index (χ4v) is 6.08. The van der Waals surface area contributed by atoms with Gasteiger partial charge in [-0.05, 0) is 30.0 Å². The van der Waals surface area contributed by atoms with Gasteiger partial charge in [0.1, 0.15) is 41.8 Å². The van der Waals surface area contributed by atoms with Crippen LogP contribution in [0.5, 0.6) is 11.8 Å². The van der Waals surface area contributed by atoms with Crippen LogP contribution in [-0.2, 0) is 23.8 Å². The summed E-state index contributed by atoms with van der Waals surface area (Å²) in [6.07, 6.45) is 5.73. The summed E-state index contributed by atoms with van der Waals surface area (Å²) in [7, 11) is 1.38. The highest BCUT2D eigenvalue weighted by atomic mass is 19.1. The van der Waals surface area contributed by atoms with Crippen LogP contribution in [0, 0.1) is 35.8 Å². The zero-order chi connectivity index (χ0) is 37.3. The lowest BCUT2D eigenvalue weighted by Gasteiger charge is -2.48. The molecule has 2 aromatic carbocycles. The summed E-state index contributed by atoms with van der Waals surface area (Å²) in [5.74, 6) is -0.985. The number of benzene rings is 2. The second kappa shape index (κ2) is 14.9. The first-order valence-electron chi connectivity index (χ1n) is 16.7. The number of hydrogen-bond acceptors (Lipinski definition) is 13. The van der Waals surface area contributed by atoms with Gasteiger partial charge in [-0.25, -0.2) is 13.6 Å². The van der Waals surface area contributed by atoms with Crippen molar-refractivity contribution in [2.75, 3.05) is 38.3 Å². The minimum Gasteiger partial charge on any atom is -0.467 e. The maximum atomic E-state index is 16.7. The minimum absolute atomic E-state index is 0.00275. The zero-order valence-corrected chi connectivity index (χ0v) is 29.2. The van der Waals surface area contributed by atoms with Gasteiger partial charge in [-0.2, -0.15) is 9.97 Å². The molecule has 3 aliphatic rings. The van der Waals surface area contributed by atoms with E-state index in [4.69, 9.17) is 30.1 Å². The fraction of sp³-hybridized carbons (Fsp3) is 0.405. The van der Waals surface area contributed by atoms with Crippen molar-refractivity contribution in [2.24, 2.45) is 11.8 Å². The highest BCUT2D eigenvalue weighted by molar-refractivity contribution is 6.03. The van der Waals surface area contributed by atoms with Crippen LogP contribution in [-0.4, -0.2) is 84.6 Å².